The predicted molar refractivity (Wildman–Crippen MR) is 189 cm³/mol. The molecular weight excluding hydrogens is 595 g/mol. The lowest BCUT2D eigenvalue weighted by molar-refractivity contribution is -0.0228. The number of fused-ring (bicyclic) bond motifs is 10. The van der Waals surface area contributed by atoms with Crippen LogP contribution in [0.3, 0.4) is 0 Å². The predicted octanol–water partition coefficient (Wildman–Crippen LogP) is 10.1. The summed E-state index contributed by atoms with van der Waals surface area (Å²) in [5.41, 5.74) is 4.18. The number of carbonyl (C=O) groups is 2. The lowest BCUT2D eigenvalue weighted by Gasteiger charge is -2.42. The van der Waals surface area contributed by atoms with E-state index in [-0.39, 0.29) is 5.04 Å². The van der Waals surface area contributed by atoms with E-state index in [1.165, 1.54) is 0 Å². The Morgan fingerprint density at radius 3 is 2.02 bits per heavy atom. The number of imide groups is 1. The van der Waals surface area contributed by atoms with Gasteiger partial charge in [0.15, 0.2) is 0 Å². The number of hydroxylamine groups is 2. The van der Waals surface area contributed by atoms with E-state index < -0.39 is 28.4 Å². The Kier molecular flexibility index (Phi) is 7.34. The highest BCUT2D eigenvalue weighted by Gasteiger charge is 2.49. The molecule has 236 valence electrons. The minimum atomic E-state index is -2.54. The SMILES string of the molecule is CC(C)[Si](Oc1ccc2[nH]c3c4ncc5ccccc5c4c4c(c3c2c1)C(=O)N(O[Si](C)(C)C(C)(C)C)C4=O)(C(C)C)C(C)C. The van der Waals surface area contributed by atoms with Gasteiger partial charge in [0, 0.05) is 33.3 Å². The molecule has 5 aromatic rings. The average Bonchev–Trinajstić information content (AvgIpc) is 3.45. The second kappa shape index (κ2) is 10.5. The van der Waals surface area contributed by atoms with E-state index in [1.807, 2.05) is 61.8 Å². The zero-order valence-corrected chi connectivity index (χ0v) is 30.4. The molecule has 0 saturated carbocycles. The normalized spacial score (nSPS) is 14.8. The van der Waals surface area contributed by atoms with Gasteiger partial charge in [-0.25, -0.2) is 0 Å². The van der Waals surface area contributed by atoms with Crippen LogP contribution in [0.15, 0.2) is 48.7 Å². The Hall–Kier alpha value is -3.54. The summed E-state index contributed by atoms with van der Waals surface area (Å²) in [5, 5.41) is 4.80. The number of nitrogens with zero attached hydrogens (tertiary/aromatic N) is 2. The summed E-state index contributed by atoms with van der Waals surface area (Å²) >= 11 is 0. The average molecular weight is 640 g/mol. The van der Waals surface area contributed by atoms with Crippen LogP contribution in [0.25, 0.3) is 43.5 Å². The fourth-order valence-corrected chi connectivity index (χ4v) is 13.4. The number of hydrogen-bond acceptors (Lipinski definition) is 5. The maximum absolute atomic E-state index is 14.5. The van der Waals surface area contributed by atoms with E-state index in [0.29, 0.717) is 44.0 Å². The van der Waals surface area contributed by atoms with Gasteiger partial charge in [0.2, 0.25) is 8.32 Å². The van der Waals surface area contributed by atoms with E-state index >= 15 is 0 Å². The summed E-state index contributed by atoms with van der Waals surface area (Å²) in [4.78, 5) is 37.3. The monoisotopic (exact) mass is 639 g/mol. The van der Waals surface area contributed by atoms with Gasteiger partial charge in [0.05, 0.1) is 22.2 Å². The molecule has 1 N–H and O–H groups in total. The largest absolute Gasteiger partial charge is 0.543 e. The molecule has 7 nitrogen and oxygen atoms in total. The Morgan fingerprint density at radius 2 is 1.42 bits per heavy atom. The molecule has 2 amide bonds. The smallest absolute Gasteiger partial charge is 0.285 e. The van der Waals surface area contributed by atoms with Crippen molar-refractivity contribution in [2.45, 2.75) is 97.1 Å². The van der Waals surface area contributed by atoms with Crippen LogP contribution in [0.5, 0.6) is 5.75 Å². The molecule has 0 spiro atoms. The van der Waals surface area contributed by atoms with Crippen molar-refractivity contribution >= 4 is 71.9 Å². The fraction of sp³-hybridized carbons (Fsp3) is 0.417. The molecule has 1 aliphatic rings. The highest BCUT2D eigenvalue weighted by molar-refractivity contribution is 6.78. The number of rotatable bonds is 7. The van der Waals surface area contributed by atoms with Gasteiger partial charge < -0.3 is 13.9 Å². The molecule has 0 unspecified atom stereocenters. The van der Waals surface area contributed by atoms with Crippen molar-refractivity contribution in [3.05, 3.63) is 59.8 Å². The van der Waals surface area contributed by atoms with Gasteiger partial charge in [-0.05, 0) is 58.3 Å². The van der Waals surface area contributed by atoms with Crippen LogP contribution in [0.1, 0.15) is 83.0 Å². The first-order valence-electron chi connectivity index (χ1n) is 16.1. The van der Waals surface area contributed by atoms with Crippen LogP contribution in [-0.4, -0.2) is 43.5 Å². The van der Waals surface area contributed by atoms with Gasteiger partial charge >= 0.3 is 0 Å². The van der Waals surface area contributed by atoms with Gasteiger partial charge in [0.25, 0.3) is 20.1 Å². The summed E-state index contributed by atoms with van der Waals surface area (Å²) in [6.45, 7) is 24.0. The number of aromatic nitrogens is 2. The molecule has 0 bridgehead atoms. The van der Waals surface area contributed by atoms with E-state index in [4.69, 9.17) is 13.9 Å². The van der Waals surface area contributed by atoms with Crippen LogP contribution < -0.4 is 4.43 Å². The van der Waals surface area contributed by atoms with Crippen LogP contribution in [0, 0.1) is 0 Å². The Labute approximate surface area is 267 Å². The van der Waals surface area contributed by atoms with E-state index in [9.17, 15) is 9.59 Å². The van der Waals surface area contributed by atoms with Gasteiger partial charge in [-0.2, -0.15) is 5.06 Å². The van der Waals surface area contributed by atoms with E-state index in [1.54, 1.807) is 0 Å². The highest BCUT2D eigenvalue weighted by Crippen LogP contribution is 2.47. The van der Waals surface area contributed by atoms with Crippen LogP contribution in [0.2, 0.25) is 34.8 Å². The molecule has 6 rings (SSSR count). The van der Waals surface area contributed by atoms with Crippen molar-refractivity contribution in [1.82, 2.24) is 15.0 Å². The molecule has 3 heterocycles. The minimum absolute atomic E-state index is 0.208. The third kappa shape index (κ3) is 4.57. The minimum Gasteiger partial charge on any atom is -0.543 e. The lowest BCUT2D eigenvalue weighted by Crippen LogP contribution is -2.50. The maximum atomic E-state index is 14.5. The van der Waals surface area contributed by atoms with Crippen LogP contribution in [0.4, 0.5) is 0 Å². The standard InChI is InChI=1S/C36H45N3O4Si2/c1-20(2)45(21(3)4,22(5)6)42-24-16-17-27-26(18-24)29-31-30(34(40)39(35(31)41)43-44(10,11)36(7,8)9)28-25-15-13-12-14-23(25)19-37-32(28)33(29)38-27/h12-22,38H,1-11H3. The molecule has 9 heteroatoms. The zero-order valence-electron chi connectivity index (χ0n) is 28.4. The van der Waals surface area contributed by atoms with Crippen molar-refractivity contribution in [3.63, 3.8) is 0 Å². The maximum Gasteiger partial charge on any atom is 0.285 e. The van der Waals surface area contributed by atoms with Crippen LogP contribution >= 0.6 is 0 Å². The first-order valence-corrected chi connectivity index (χ1v) is 21.1. The summed E-state index contributed by atoms with van der Waals surface area (Å²) in [6.07, 6.45) is 1.84. The third-order valence-electron chi connectivity index (χ3n) is 10.5. The van der Waals surface area contributed by atoms with Crippen molar-refractivity contribution in [2.75, 3.05) is 0 Å². The molecule has 45 heavy (non-hydrogen) atoms. The molecule has 3 aromatic carbocycles. The first-order chi connectivity index (χ1) is 21.0. The molecule has 0 aliphatic carbocycles. The molecule has 0 radical (unpaired) electrons. The Morgan fingerprint density at radius 1 is 0.822 bits per heavy atom. The van der Waals surface area contributed by atoms with E-state index in [2.05, 4.69) is 67.3 Å². The molecule has 0 saturated heterocycles. The number of aromatic amines is 1. The first kappa shape index (κ1) is 31.4. The topological polar surface area (TPSA) is 84.5 Å². The number of nitrogens with one attached hydrogen (secondary N) is 1. The van der Waals surface area contributed by atoms with Crippen molar-refractivity contribution in [1.29, 1.82) is 0 Å². The number of H-pyrrole nitrogens is 1. The third-order valence-corrected chi connectivity index (χ3v) is 20.7. The molecule has 0 atom stereocenters. The Bertz CT molecular complexity index is 2000. The second-order valence-electron chi connectivity index (χ2n) is 15.1. The quantitative estimate of drug-likeness (QED) is 0.109. The van der Waals surface area contributed by atoms with Crippen LogP contribution in [-0.2, 0) is 4.53 Å². The highest BCUT2D eigenvalue weighted by atomic mass is 28.4. The fourth-order valence-electron chi connectivity index (χ4n) is 7.26. The van der Waals surface area contributed by atoms with Crippen molar-refractivity contribution in [2.24, 2.45) is 0 Å². The van der Waals surface area contributed by atoms with Crippen molar-refractivity contribution in [3.8, 4) is 5.75 Å². The number of pyridine rings is 1. The summed E-state index contributed by atoms with van der Waals surface area (Å²) in [5.74, 6) is -0.0720. The lowest BCUT2D eigenvalue weighted by atomic mass is 9.94. The van der Waals surface area contributed by atoms with Gasteiger partial charge in [-0.15, -0.1) is 0 Å². The zero-order chi connectivity index (χ0) is 32.8. The van der Waals surface area contributed by atoms with Crippen molar-refractivity contribution < 1.29 is 18.5 Å². The Balaban J connectivity index is 1.67. The number of hydrogen-bond donors (Lipinski definition) is 1. The number of benzene rings is 3. The van der Waals surface area contributed by atoms with Gasteiger partial charge in [0.1, 0.15) is 5.75 Å². The number of carbonyl (C=O) groups excluding carboxylic acids is 2. The molecule has 0 fully saturated rings. The van der Waals surface area contributed by atoms with Gasteiger partial charge in [-0.3, -0.25) is 14.6 Å². The summed E-state index contributed by atoms with van der Waals surface area (Å²) in [6, 6.07) is 14.0. The summed E-state index contributed by atoms with van der Waals surface area (Å²) in [7, 11) is -4.79. The summed E-state index contributed by atoms with van der Waals surface area (Å²) < 4.78 is 13.5. The number of amides is 2. The molecule has 2 aromatic heterocycles. The van der Waals surface area contributed by atoms with Gasteiger partial charge in [-0.1, -0.05) is 86.6 Å². The van der Waals surface area contributed by atoms with E-state index in [0.717, 1.165) is 38.0 Å². The second-order valence-corrected chi connectivity index (χ2v) is 25.2. The molecular formula is C36H45N3O4Si2. The molecule has 1 aliphatic heterocycles.